The fourth-order valence-corrected chi connectivity index (χ4v) is 6.41. The molecule has 0 spiro atoms. The number of carboxylic acids is 1. The summed E-state index contributed by atoms with van der Waals surface area (Å²) in [5.74, 6) is -2.33. The van der Waals surface area contributed by atoms with Crippen LogP contribution in [0.2, 0.25) is 0 Å². The Morgan fingerprint density at radius 2 is 1.46 bits per heavy atom. The third kappa shape index (κ3) is 5.37. The lowest BCUT2D eigenvalue weighted by Crippen LogP contribution is -2.37. The molecule has 0 saturated carbocycles. The van der Waals surface area contributed by atoms with E-state index in [4.69, 9.17) is 15.9 Å². The van der Waals surface area contributed by atoms with Gasteiger partial charge in [0.15, 0.2) is 0 Å². The van der Waals surface area contributed by atoms with Gasteiger partial charge in [0.1, 0.15) is 0 Å². The predicted octanol–water partition coefficient (Wildman–Crippen LogP) is 0.523. The van der Waals surface area contributed by atoms with Gasteiger partial charge in [-0.25, -0.2) is 4.79 Å². The number of nitrogens with one attached hydrogen (secondary N) is 1. The predicted molar refractivity (Wildman–Crippen MR) is 119 cm³/mol. The fourth-order valence-electron chi connectivity index (χ4n) is 2.05. The van der Waals surface area contributed by atoms with Crippen molar-refractivity contribution in [2.24, 2.45) is 5.73 Å². The number of rotatable bonds is 8. The molecule has 0 bridgehead atoms. The van der Waals surface area contributed by atoms with Gasteiger partial charge in [-0.1, -0.05) is 0 Å². The molecule has 0 aliphatic carbocycles. The lowest BCUT2D eigenvalue weighted by atomic mass is 10.1. The number of carbonyl (C=O) groups excluding carboxylic acids is 2. The Balaban J connectivity index is 3.67. The highest BCUT2D eigenvalue weighted by molar-refractivity contribution is 14.1. The summed E-state index contributed by atoms with van der Waals surface area (Å²) in [7, 11) is 0. The van der Waals surface area contributed by atoms with Crippen LogP contribution in [0.4, 0.5) is 5.69 Å². The van der Waals surface area contributed by atoms with E-state index >= 15 is 0 Å². The third-order valence-corrected chi connectivity index (χ3v) is 6.46. The monoisotopic (exact) mass is 703 g/mol. The van der Waals surface area contributed by atoms with Crippen LogP contribution in [0.5, 0.6) is 0 Å². The van der Waals surface area contributed by atoms with Crippen LogP contribution < -0.4 is 11.1 Å². The molecule has 0 unspecified atom stereocenters. The van der Waals surface area contributed by atoms with Gasteiger partial charge in [0.05, 0.1) is 43.7 Å². The second-order valence-corrected chi connectivity index (χ2v) is 8.10. The summed E-state index contributed by atoms with van der Waals surface area (Å²) in [5, 5.41) is 30.4. The first-order valence-electron chi connectivity index (χ1n) is 7.15. The van der Waals surface area contributed by atoms with Crippen LogP contribution in [0.25, 0.3) is 0 Å². The maximum Gasteiger partial charge on any atom is 0.337 e. The topological polar surface area (TPSA) is 153 Å². The molecule has 0 aliphatic heterocycles. The second kappa shape index (κ2) is 10.9. The van der Waals surface area contributed by atoms with Crippen LogP contribution in [0, 0.1) is 10.7 Å². The molecule has 0 aliphatic rings. The van der Waals surface area contributed by atoms with Gasteiger partial charge in [0.25, 0.3) is 5.91 Å². The molecule has 1 rings (SSSR count). The molecule has 26 heavy (non-hydrogen) atoms. The maximum atomic E-state index is 12.9. The van der Waals surface area contributed by atoms with Gasteiger partial charge in [-0.2, -0.15) is 0 Å². The van der Waals surface area contributed by atoms with Crippen LogP contribution >= 0.6 is 67.8 Å². The Morgan fingerprint density at radius 3 is 1.88 bits per heavy atom. The summed E-state index contributed by atoms with van der Waals surface area (Å²) >= 11 is 5.43. The van der Waals surface area contributed by atoms with Gasteiger partial charge in [0.2, 0.25) is 5.91 Å². The van der Waals surface area contributed by atoms with Crippen LogP contribution in [0.15, 0.2) is 0 Å². The highest BCUT2D eigenvalue weighted by Crippen LogP contribution is 2.36. The number of aliphatic hydroxyl groups excluding tert-OH is 2. The number of carbonyl (C=O) groups is 3. The molecule has 1 aromatic rings. The summed E-state index contributed by atoms with van der Waals surface area (Å²) in [6.45, 7) is -0.975. The zero-order chi connectivity index (χ0) is 20.0. The Hall–Kier alpha value is -0.300. The van der Waals surface area contributed by atoms with E-state index in [1.807, 2.05) is 22.6 Å². The molecule has 0 atom stereocenters. The number of halogens is 3. The van der Waals surface area contributed by atoms with Gasteiger partial charge < -0.3 is 31.3 Å². The molecule has 0 aromatic heterocycles. The van der Waals surface area contributed by atoms with Crippen molar-refractivity contribution in [2.75, 3.05) is 38.2 Å². The van der Waals surface area contributed by atoms with E-state index in [-0.39, 0.29) is 56.8 Å². The molecule has 9 nitrogen and oxygen atoms in total. The third-order valence-electron chi connectivity index (χ3n) is 3.22. The van der Waals surface area contributed by atoms with E-state index in [0.717, 1.165) is 0 Å². The van der Waals surface area contributed by atoms with Crippen LogP contribution in [-0.2, 0) is 4.79 Å². The second-order valence-electron chi connectivity index (χ2n) is 4.86. The highest BCUT2D eigenvalue weighted by atomic mass is 127. The zero-order valence-corrected chi connectivity index (χ0v) is 19.7. The molecule has 0 fully saturated rings. The number of hydrogen-bond acceptors (Lipinski definition) is 6. The van der Waals surface area contributed by atoms with Crippen LogP contribution in [0.1, 0.15) is 20.7 Å². The van der Waals surface area contributed by atoms with E-state index in [2.05, 4.69) is 5.32 Å². The quantitative estimate of drug-likeness (QED) is 0.248. The van der Waals surface area contributed by atoms with Crippen molar-refractivity contribution < 1.29 is 29.7 Å². The number of aliphatic hydroxyl groups is 2. The summed E-state index contributed by atoms with van der Waals surface area (Å²) in [6.07, 6.45) is 0. The number of amides is 2. The van der Waals surface area contributed by atoms with Crippen molar-refractivity contribution in [1.82, 2.24) is 4.90 Å². The highest BCUT2D eigenvalue weighted by Gasteiger charge is 2.30. The standard InChI is InChI=1S/C14H16I3N3O6/c15-9-7(13(24)20(1-3-21)2-4-22)10(16)12(19-6(23)5-18)11(17)8(9)14(25)26/h21-22H,1-5,18H2,(H,19,23)(H,25,26). The Morgan fingerprint density at radius 1 is 0.962 bits per heavy atom. The minimum Gasteiger partial charge on any atom is -0.478 e. The van der Waals surface area contributed by atoms with Gasteiger partial charge >= 0.3 is 5.97 Å². The SMILES string of the molecule is NCC(=O)Nc1c(I)c(C(=O)O)c(I)c(C(=O)N(CCO)CCO)c1I. The average Bonchev–Trinajstić information content (AvgIpc) is 2.57. The minimum atomic E-state index is -1.25. The van der Waals surface area contributed by atoms with Crippen LogP contribution in [-0.4, -0.2) is 70.9 Å². The first-order valence-corrected chi connectivity index (χ1v) is 10.4. The van der Waals surface area contributed by atoms with Crippen molar-refractivity contribution >= 4 is 91.2 Å². The van der Waals surface area contributed by atoms with E-state index < -0.39 is 17.8 Å². The molecule has 12 heteroatoms. The van der Waals surface area contributed by atoms with Crippen LogP contribution in [0.3, 0.4) is 0 Å². The molecule has 1 aromatic carbocycles. The van der Waals surface area contributed by atoms with Crippen molar-refractivity contribution in [3.63, 3.8) is 0 Å². The number of nitrogens with two attached hydrogens (primary N) is 1. The van der Waals surface area contributed by atoms with Gasteiger partial charge in [-0.05, 0) is 67.8 Å². The summed E-state index contributed by atoms with van der Waals surface area (Å²) in [4.78, 5) is 37.6. The van der Waals surface area contributed by atoms with Crippen molar-refractivity contribution in [2.45, 2.75) is 0 Å². The summed E-state index contributed by atoms with van der Waals surface area (Å²) in [5.41, 5.74) is 5.46. The maximum absolute atomic E-state index is 12.9. The molecular weight excluding hydrogens is 687 g/mol. The smallest absolute Gasteiger partial charge is 0.337 e. The van der Waals surface area contributed by atoms with Crippen molar-refractivity contribution in [3.05, 3.63) is 21.8 Å². The normalized spacial score (nSPS) is 10.5. The van der Waals surface area contributed by atoms with Gasteiger partial charge in [-0.3, -0.25) is 9.59 Å². The molecule has 0 radical (unpaired) electrons. The van der Waals surface area contributed by atoms with E-state index in [9.17, 15) is 19.5 Å². The lowest BCUT2D eigenvalue weighted by molar-refractivity contribution is -0.114. The number of benzene rings is 1. The number of anilines is 1. The van der Waals surface area contributed by atoms with Gasteiger partial charge in [0, 0.05) is 16.7 Å². The Labute approximate surface area is 190 Å². The largest absolute Gasteiger partial charge is 0.478 e. The summed E-state index contributed by atoms with van der Waals surface area (Å²) in [6, 6.07) is 0. The number of hydrogen-bond donors (Lipinski definition) is 5. The lowest BCUT2D eigenvalue weighted by Gasteiger charge is -2.24. The minimum absolute atomic E-state index is 0.0234. The van der Waals surface area contributed by atoms with Crippen molar-refractivity contribution in [3.8, 4) is 0 Å². The Kier molecular flexibility index (Phi) is 9.94. The molecule has 0 saturated heterocycles. The number of aromatic carboxylic acids is 1. The molecule has 144 valence electrons. The molecular formula is C14H16I3N3O6. The number of nitrogens with zero attached hydrogens (tertiary/aromatic N) is 1. The fraction of sp³-hybridized carbons (Fsp3) is 0.357. The summed E-state index contributed by atoms with van der Waals surface area (Å²) < 4.78 is 0.840. The van der Waals surface area contributed by atoms with E-state index in [1.165, 1.54) is 4.90 Å². The first-order chi connectivity index (χ1) is 12.2. The Bertz CT molecular complexity index is 723. The first kappa shape index (κ1) is 23.7. The average molecular weight is 703 g/mol. The van der Waals surface area contributed by atoms with E-state index in [1.54, 1.807) is 45.2 Å². The van der Waals surface area contributed by atoms with E-state index in [0.29, 0.717) is 3.57 Å². The zero-order valence-electron chi connectivity index (χ0n) is 13.3. The molecule has 2 amide bonds. The van der Waals surface area contributed by atoms with Gasteiger partial charge in [-0.15, -0.1) is 0 Å². The van der Waals surface area contributed by atoms with Crippen molar-refractivity contribution in [1.29, 1.82) is 0 Å². The molecule has 6 N–H and O–H groups in total. The molecule has 0 heterocycles. The number of carboxylic acid groups (broad SMARTS) is 1.